The minimum Gasteiger partial charge on any atom is -0.459 e. The predicted octanol–water partition coefficient (Wildman–Crippen LogP) is 4.05. The Kier molecular flexibility index (Phi) is 6.12. The lowest BCUT2D eigenvalue weighted by molar-refractivity contribution is -0.140. The van der Waals surface area contributed by atoms with Crippen LogP contribution in [0.4, 0.5) is 5.69 Å². The number of hydrogen-bond acceptors (Lipinski definition) is 5. The Hall–Kier alpha value is -3.87. The van der Waals surface area contributed by atoms with Gasteiger partial charge in [0.1, 0.15) is 0 Å². The summed E-state index contributed by atoms with van der Waals surface area (Å²) in [5, 5.41) is 2.66. The number of ether oxygens (including phenoxy) is 1. The molecule has 0 spiro atoms. The van der Waals surface area contributed by atoms with Gasteiger partial charge in [0, 0.05) is 18.7 Å². The van der Waals surface area contributed by atoms with E-state index in [1.807, 2.05) is 6.07 Å². The largest absolute Gasteiger partial charge is 0.459 e. The smallest absolute Gasteiger partial charge is 0.341 e. The number of carbonyl (C=O) groups is 3. The fraction of sp³-hybridized carbons (Fsp3) is 0.208. The molecule has 0 saturated carbocycles. The lowest BCUT2D eigenvalue weighted by Crippen LogP contribution is -2.35. The van der Waals surface area contributed by atoms with E-state index in [0.29, 0.717) is 18.7 Å². The highest BCUT2D eigenvalue weighted by molar-refractivity contribution is 6.07. The van der Waals surface area contributed by atoms with Gasteiger partial charge in [0.25, 0.3) is 11.8 Å². The zero-order chi connectivity index (χ0) is 21.6. The van der Waals surface area contributed by atoms with E-state index in [2.05, 4.69) is 5.32 Å². The fourth-order valence-corrected chi connectivity index (χ4v) is 3.52. The average Bonchev–Trinajstić information content (AvgIpc) is 3.52. The van der Waals surface area contributed by atoms with Crippen molar-refractivity contribution in [3.8, 4) is 0 Å². The summed E-state index contributed by atoms with van der Waals surface area (Å²) in [5.41, 5.74) is 1.02. The Labute approximate surface area is 179 Å². The molecule has 1 saturated heterocycles. The predicted molar refractivity (Wildman–Crippen MR) is 114 cm³/mol. The maximum absolute atomic E-state index is 13.1. The van der Waals surface area contributed by atoms with Gasteiger partial charge >= 0.3 is 5.97 Å². The van der Waals surface area contributed by atoms with Crippen LogP contribution < -0.4 is 5.32 Å². The van der Waals surface area contributed by atoms with E-state index in [4.69, 9.17) is 9.15 Å². The minimum atomic E-state index is -1.05. The molecule has 4 rings (SSSR count). The molecule has 2 heterocycles. The summed E-state index contributed by atoms with van der Waals surface area (Å²) in [5.74, 6) is -1.31. The SMILES string of the molecule is O=C(Nc1ccccc1C(=O)OC(C(=O)N1CCCC1)c1ccccc1)c1ccco1. The monoisotopic (exact) mass is 418 g/mol. The van der Waals surface area contributed by atoms with Gasteiger partial charge in [0.15, 0.2) is 5.76 Å². The molecule has 1 atom stereocenters. The molecule has 1 aliphatic rings. The lowest BCUT2D eigenvalue weighted by Gasteiger charge is -2.24. The number of anilines is 1. The molecular formula is C24H22N2O5. The summed E-state index contributed by atoms with van der Waals surface area (Å²) in [6.07, 6.45) is 2.20. The summed E-state index contributed by atoms with van der Waals surface area (Å²) in [7, 11) is 0. The number of carbonyl (C=O) groups excluding carboxylic acids is 3. The summed E-state index contributed by atoms with van der Waals surface area (Å²) in [6, 6.07) is 18.6. The van der Waals surface area contributed by atoms with E-state index in [9.17, 15) is 14.4 Å². The average molecular weight is 418 g/mol. The van der Waals surface area contributed by atoms with Crippen molar-refractivity contribution in [2.24, 2.45) is 0 Å². The molecule has 3 aromatic rings. The first-order valence-electron chi connectivity index (χ1n) is 10.1. The van der Waals surface area contributed by atoms with Crippen molar-refractivity contribution in [3.05, 3.63) is 89.9 Å². The van der Waals surface area contributed by atoms with Crippen LogP contribution in [0.25, 0.3) is 0 Å². The normalized spacial score (nSPS) is 14.1. The number of likely N-dealkylation sites (tertiary alicyclic amines) is 1. The number of nitrogens with zero attached hydrogens (tertiary/aromatic N) is 1. The van der Waals surface area contributed by atoms with Crippen LogP contribution >= 0.6 is 0 Å². The molecule has 1 fully saturated rings. The van der Waals surface area contributed by atoms with Gasteiger partial charge in [-0.25, -0.2) is 4.79 Å². The molecule has 7 nitrogen and oxygen atoms in total. The van der Waals surface area contributed by atoms with Crippen LogP contribution in [0.3, 0.4) is 0 Å². The van der Waals surface area contributed by atoms with Crippen LogP contribution in [0.15, 0.2) is 77.4 Å². The molecule has 1 N–H and O–H groups in total. The molecule has 158 valence electrons. The van der Waals surface area contributed by atoms with Gasteiger partial charge in [-0.1, -0.05) is 42.5 Å². The summed E-state index contributed by atoms with van der Waals surface area (Å²) < 4.78 is 10.8. The molecule has 0 bridgehead atoms. The third kappa shape index (κ3) is 4.66. The molecular weight excluding hydrogens is 396 g/mol. The van der Waals surface area contributed by atoms with Crippen molar-refractivity contribution in [2.45, 2.75) is 18.9 Å². The molecule has 0 radical (unpaired) electrons. The number of furan rings is 1. The maximum atomic E-state index is 13.1. The Morgan fingerprint density at radius 2 is 1.61 bits per heavy atom. The highest BCUT2D eigenvalue weighted by Crippen LogP contribution is 2.26. The van der Waals surface area contributed by atoms with Crippen molar-refractivity contribution >= 4 is 23.5 Å². The van der Waals surface area contributed by atoms with Crippen molar-refractivity contribution in [1.82, 2.24) is 4.90 Å². The van der Waals surface area contributed by atoms with Gasteiger partial charge in [-0.3, -0.25) is 9.59 Å². The molecule has 2 aromatic carbocycles. The van der Waals surface area contributed by atoms with Crippen LogP contribution in [0.5, 0.6) is 0 Å². The summed E-state index contributed by atoms with van der Waals surface area (Å²) in [4.78, 5) is 40.2. The molecule has 7 heteroatoms. The quantitative estimate of drug-likeness (QED) is 0.610. The number of amides is 2. The van der Waals surface area contributed by atoms with E-state index in [0.717, 1.165) is 12.8 Å². The third-order valence-corrected chi connectivity index (χ3v) is 5.11. The Bertz CT molecular complexity index is 1060. The van der Waals surface area contributed by atoms with Crippen LogP contribution in [0, 0.1) is 0 Å². The molecule has 1 aliphatic heterocycles. The molecule has 31 heavy (non-hydrogen) atoms. The van der Waals surface area contributed by atoms with Crippen LogP contribution in [-0.4, -0.2) is 35.8 Å². The number of rotatable bonds is 6. The van der Waals surface area contributed by atoms with E-state index in [1.54, 1.807) is 59.5 Å². The summed E-state index contributed by atoms with van der Waals surface area (Å²) >= 11 is 0. The first-order chi connectivity index (χ1) is 15.1. The van der Waals surface area contributed by atoms with E-state index in [-0.39, 0.29) is 22.9 Å². The standard InChI is InChI=1S/C24H22N2O5/c27-22(20-13-8-16-30-20)25-19-12-5-4-11-18(19)24(29)31-21(17-9-2-1-3-10-17)23(28)26-14-6-7-15-26/h1-5,8-13,16,21H,6-7,14-15H2,(H,25,27). The molecule has 1 unspecified atom stereocenters. The van der Waals surface area contributed by atoms with Gasteiger partial charge < -0.3 is 19.4 Å². The highest BCUT2D eigenvalue weighted by Gasteiger charge is 2.32. The molecule has 1 aromatic heterocycles. The van der Waals surface area contributed by atoms with Gasteiger partial charge in [0.05, 0.1) is 17.5 Å². The first kappa shape index (κ1) is 20.4. The Morgan fingerprint density at radius 3 is 2.32 bits per heavy atom. The van der Waals surface area contributed by atoms with Crippen molar-refractivity contribution in [1.29, 1.82) is 0 Å². The zero-order valence-corrected chi connectivity index (χ0v) is 16.8. The van der Waals surface area contributed by atoms with Crippen LogP contribution in [0.2, 0.25) is 0 Å². The van der Waals surface area contributed by atoms with E-state index in [1.165, 1.54) is 12.3 Å². The van der Waals surface area contributed by atoms with Gasteiger partial charge in [0.2, 0.25) is 6.10 Å². The third-order valence-electron chi connectivity index (χ3n) is 5.11. The summed E-state index contributed by atoms with van der Waals surface area (Å²) in [6.45, 7) is 1.30. The second kappa shape index (κ2) is 9.30. The van der Waals surface area contributed by atoms with Gasteiger partial charge in [-0.05, 0) is 37.1 Å². The Morgan fingerprint density at radius 1 is 0.903 bits per heavy atom. The van der Waals surface area contributed by atoms with E-state index < -0.39 is 18.0 Å². The minimum absolute atomic E-state index is 0.120. The van der Waals surface area contributed by atoms with Crippen LogP contribution in [0.1, 0.15) is 45.4 Å². The zero-order valence-electron chi connectivity index (χ0n) is 16.8. The number of para-hydroxylation sites is 1. The maximum Gasteiger partial charge on any atom is 0.341 e. The lowest BCUT2D eigenvalue weighted by atomic mass is 10.1. The highest BCUT2D eigenvalue weighted by atomic mass is 16.5. The van der Waals surface area contributed by atoms with Crippen molar-refractivity contribution in [2.75, 3.05) is 18.4 Å². The van der Waals surface area contributed by atoms with E-state index >= 15 is 0 Å². The van der Waals surface area contributed by atoms with Crippen molar-refractivity contribution < 1.29 is 23.5 Å². The Balaban J connectivity index is 1.57. The number of hydrogen-bond donors (Lipinski definition) is 1. The molecule has 2 amide bonds. The topological polar surface area (TPSA) is 88.8 Å². The van der Waals surface area contributed by atoms with Gasteiger partial charge in [-0.2, -0.15) is 0 Å². The fourth-order valence-electron chi connectivity index (χ4n) is 3.52. The van der Waals surface area contributed by atoms with Crippen LogP contribution in [-0.2, 0) is 9.53 Å². The van der Waals surface area contributed by atoms with Crippen molar-refractivity contribution in [3.63, 3.8) is 0 Å². The second-order valence-electron chi connectivity index (χ2n) is 7.21. The second-order valence-corrected chi connectivity index (χ2v) is 7.21. The number of esters is 1. The number of benzene rings is 2. The first-order valence-corrected chi connectivity index (χ1v) is 10.1. The van der Waals surface area contributed by atoms with Gasteiger partial charge in [-0.15, -0.1) is 0 Å². The number of nitrogens with one attached hydrogen (secondary N) is 1. The molecule has 0 aliphatic carbocycles.